The molecule has 0 aliphatic carbocycles. The van der Waals surface area contributed by atoms with Crippen LogP contribution in [0.2, 0.25) is 0 Å². The first-order valence-electron chi connectivity index (χ1n) is 15.9. The zero-order valence-electron chi connectivity index (χ0n) is 28.7. The zero-order chi connectivity index (χ0) is 34.0. The summed E-state index contributed by atoms with van der Waals surface area (Å²) in [5.74, 6) is 1.41. The van der Waals surface area contributed by atoms with Crippen LogP contribution in [0.25, 0.3) is 5.70 Å². The Hall–Kier alpha value is -3.31. The Balaban J connectivity index is 0.000000490. The Bertz CT molecular complexity index is 1220. The number of ether oxygens (including phenoxy) is 2. The lowest BCUT2D eigenvalue weighted by Gasteiger charge is -2.20. The molecule has 1 aliphatic heterocycles. The number of allylic oxidation sites excluding steroid dienone is 1. The lowest BCUT2D eigenvalue weighted by atomic mass is 9.96. The first-order chi connectivity index (χ1) is 21.2. The van der Waals surface area contributed by atoms with Crippen molar-refractivity contribution in [3.05, 3.63) is 59.1 Å². The topological polar surface area (TPSA) is 128 Å². The second-order valence-electron chi connectivity index (χ2n) is 11.9. The van der Waals surface area contributed by atoms with Crippen LogP contribution in [0.3, 0.4) is 0 Å². The van der Waals surface area contributed by atoms with Crippen molar-refractivity contribution < 1.29 is 23.5 Å². The fourth-order valence-corrected chi connectivity index (χ4v) is 5.18. The van der Waals surface area contributed by atoms with Crippen molar-refractivity contribution in [2.24, 2.45) is 5.92 Å². The van der Waals surface area contributed by atoms with Gasteiger partial charge in [0, 0.05) is 24.5 Å². The van der Waals surface area contributed by atoms with E-state index in [0.717, 1.165) is 35.9 Å². The van der Waals surface area contributed by atoms with Gasteiger partial charge >= 0.3 is 0 Å². The molecule has 0 unspecified atom stereocenters. The molecule has 0 aromatic carbocycles. The summed E-state index contributed by atoms with van der Waals surface area (Å²) in [6, 6.07) is 0. The van der Waals surface area contributed by atoms with E-state index in [2.05, 4.69) is 66.3 Å². The number of carbonyl (C=O) groups excluding carboxylic acids is 2. The van der Waals surface area contributed by atoms with Gasteiger partial charge in [-0.3, -0.25) is 9.59 Å². The summed E-state index contributed by atoms with van der Waals surface area (Å²) in [6.45, 7) is 28.9. The van der Waals surface area contributed by atoms with Gasteiger partial charge in [-0.15, -0.1) is 21.5 Å². The molecule has 0 saturated carbocycles. The molecule has 11 heteroatoms. The fourth-order valence-electron chi connectivity index (χ4n) is 4.46. The van der Waals surface area contributed by atoms with Crippen molar-refractivity contribution >= 4 is 28.8 Å². The summed E-state index contributed by atoms with van der Waals surface area (Å²) in [6.07, 6.45) is 9.31. The van der Waals surface area contributed by atoms with Crippen LogP contribution < -0.4 is 10.6 Å². The molecule has 0 atom stereocenters. The minimum absolute atomic E-state index is 0.0775. The van der Waals surface area contributed by atoms with Gasteiger partial charge in [0.15, 0.2) is 0 Å². The fraction of sp³-hybridized carbons (Fsp3) is 0.618. The summed E-state index contributed by atoms with van der Waals surface area (Å²) in [5, 5.41) is 15.3. The number of hydrogen-bond acceptors (Lipinski definition) is 9. The van der Waals surface area contributed by atoms with E-state index in [9.17, 15) is 9.59 Å². The molecular weight excluding hydrogens is 590 g/mol. The third-order valence-corrected chi connectivity index (χ3v) is 7.60. The summed E-state index contributed by atoms with van der Waals surface area (Å²) in [4.78, 5) is 28.6. The van der Waals surface area contributed by atoms with Gasteiger partial charge in [0.25, 0.3) is 17.7 Å². The minimum Gasteiger partial charge on any atom is -0.493 e. The molecule has 1 saturated heterocycles. The quantitative estimate of drug-likeness (QED) is 0.166. The van der Waals surface area contributed by atoms with E-state index < -0.39 is 11.8 Å². The molecule has 0 bridgehead atoms. The molecule has 2 aromatic rings. The van der Waals surface area contributed by atoms with Crippen molar-refractivity contribution in [3.8, 4) is 0 Å². The van der Waals surface area contributed by atoms with E-state index in [4.69, 9.17) is 13.9 Å². The van der Waals surface area contributed by atoms with Gasteiger partial charge in [0.05, 0.1) is 22.2 Å². The van der Waals surface area contributed by atoms with Gasteiger partial charge in [0.2, 0.25) is 5.89 Å². The average Bonchev–Trinajstić information content (AvgIpc) is 3.67. The van der Waals surface area contributed by atoms with Crippen LogP contribution in [-0.4, -0.2) is 45.8 Å². The number of amides is 2. The maximum absolute atomic E-state index is 12.3. The van der Waals surface area contributed by atoms with Crippen molar-refractivity contribution in [3.63, 3.8) is 0 Å². The number of carbonyl (C=O) groups is 2. The third kappa shape index (κ3) is 16.0. The Morgan fingerprint density at radius 2 is 1.67 bits per heavy atom. The number of rotatable bonds is 13. The van der Waals surface area contributed by atoms with Gasteiger partial charge in [-0.05, 0) is 52.9 Å². The minimum atomic E-state index is -0.630. The maximum Gasteiger partial charge on any atom is 0.275 e. The van der Waals surface area contributed by atoms with Crippen LogP contribution in [0.1, 0.15) is 134 Å². The van der Waals surface area contributed by atoms with E-state index in [-0.39, 0.29) is 34.5 Å². The molecule has 1 aliphatic rings. The number of aryl methyl sites for hydroxylation is 1. The monoisotopic (exact) mass is 645 g/mol. The van der Waals surface area contributed by atoms with Crippen LogP contribution >= 0.6 is 11.3 Å². The normalized spacial score (nSPS) is 13.1. The Morgan fingerprint density at radius 1 is 1.04 bits per heavy atom. The lowest BCUT2D eigenvalue weighted by molar-refractivity contribution is -0.116. The van der Waals surface area contributed by atoms with E-state index in [1.54, 1.807) is 5.38 Å². The van der Waals surface area contributed by atoms with E-state index in [1.165, 1.54) is 43.4 Å². The number of aromatic nitrogens is 3. The number of nitrogens with zero attached hydrogens (tertiary/aromatic N) is 3. The predicted molar refractivity (Wildman–Crippen MR) is 182 cm³/mol. The molecule has 0 spiro atoms. The Labute approximate surface area is 274 Å². The average molecular weight is 646 g/mol. The molecule has 2 aromatic heterocycles. The first-order valence-corrected chi connectivity index (χ1v) is 16.8. The summed E-state index contributed by atoms with van der Waals surface area (Å²) < 4.78 is 16.2. The SMILES string of the molecule is C=C(C)OC(C)(C)C.C=C(NC(=O)c1csc(CC)n1)C(=O)NC(=C)c1nnc(C2CCOCC2)o1.CCCC(CC)CCC. The molecule has 10 nitrogen and oxygen atoms in total. The Morgan fingerprint density at radius 3 is 2.13 bits per heavy atom. The molecule has 0 radical (unpaired) electrons. The van der Waals surface area contributed by atoms with Gasteiger partial charge in [-0.25, -0.2) is 4.98 Å². The molecule has 2 N–H and O–H groups in total. The van der Waals surface area contributed by atoms with E-state index in [0.29, 0.717) is 19.1 Å². The highest BCUT2D eigenvalue weighted by molar-refractivity contribution is 7.09. The molecule has 252 valence electrons. The van der Waals surface area contributed by atoms with Crippen LogP contribution in [0.5, 0.6) is 0 Å². The van der Waals surface area contributed by atoms with Crippen LogP contribution in [0, 0.1) is 5.92 Å². The predicted octanol–water partition coefficient (Wildman–Crippen LogP) is 7.96. The highest BCUT2D eigenvalue weighted by Gasteiger charge is 2.23. The highest BCUT2D eigenvalue weighted by atomic mass is 32.1. The molecular formula is C34H55N5O5S. The Kier molecular flexibility index (Phi) is 18.2. The zero-order valence-corrected chi connectivity index (χ0v) is 29.5. The molecule has 1 fully saturated rings. The van der Waals surface area contributed by atoms with Gasteiger partial charge in [-0.2, -0.15) is 0 Å². The third-order valence-electron chi connectivity index (χ3n) is 6.61. The first kappa shape index (κ1) is 39.7. The van der Waals surface area contributed by atoms with Crippen molar-refractivity contribution in [2.75, 3.05) is 13.2 Å². The van der Waals surface area contributed by atoms with Crippen LogP contribution in [-0.2, 0) is 20.7 Å². The molecule has 2 amide bonds. The number of nitrogens with one attached hydrogen (secondary N) is 2. The van der Waals surface area contributed by atoms with Crippen LogP contribution in [0.15, 0.2) is 41.0 Å². The summed E-state index contributed by atoms with van der Waals surface area (Å²) in [7, 11) is 0. The van der Waals surface area contributed by atoms with E-state index in [1.807, 2.05) is 34.6 Å². The van der Waals surface area contributed by atoms with Gasteiger partial charge in [-0.1, -0.05) is 79.5 Å². The van der Waals surface area contributed by atoms with E-state index >= 15 is 0 Å². The van der Waals surface area contributed by atoms with Crippen molar-refractivity contribution in [2.45, 2.75) is 118 Å². The van der Waals surface area contributed by atoms with Crippen molar-refractivity contribution in [1.82, 2.24) is 25.8 Å². The van der Waals surface area contributed by atoms with Gasteiger partial charge < -0.3 is 24.5 Å². The second-order valence-corrected chi connectivity index (χ2v) is 12.9. The lowest BCUT2D eigenvalue weighted by Crippen LogP contribution is -2.33. The largest absolute Gasteiger partial charge is 0.493 e. The molecule has 45 heavy (non-hydrogen) atoms. The van der Waals surface area contributed by atoms with Gasteiger partial charge in [0.1, 0.15) is 11.3 Å². The second kappa shape index (κ2) is 20.7. The van der Waals surface area contributed by atoms with Crippen molar-refractivity contribution in [1.29, 1.82) is 0 Å². The van der Waals surface area contributed by atoms with Crippen LogP contribution in [0.4, 0.5) is 0 Å². The maximum atomic E-state index is 12.3. The number of hydrogen-bond donors (Lipinski definition) is 2. The standard InChI is InChI=1S/C18H21N5O4S.C9H20.C7H14O/c1-4-14-21-13(9-28-14)16(25)19-10(2)15(24)20-11(3)17-22-23-18(27-17)12-5-7-26-8-6-12;1-4-7-9(6-3)8-5-2;1-6(2)8-7(3,4)5/h9,12H,2-8H2,1H3,(H,19,25)(H,20,24);9H,4-8H2,1-3H3;1H2,2-5H3. The summed E-state index contributed by atoms with van der Waals surface area (Å²) in [5.41, 5.74) is 0.161. The molecule has 3 heterocycles. The molecule has 3 rings (SSSR count). The number of thiazole rings is 1. The summed E-state index contributed by atoms with van der Waals surface area (Å²) >= 11 is 1.38. The highest BCUT2D eigenvalue weighted by Crippen LogP contribution is 2.26. The smallest absolute Gasteiger partial charge is 0.275 e.